The Morgan fingerprint density at radius 3 is 2.77 bits per heavy atom. The van der Waals surface area contributed by atoms with E-state index in [-0.39, 0.29) is 11.9 Å². The van der Waals surface area contributed by atoms with Crippen molar-refractivity contribution in [2.24, 2.45) is 5.92 Å². The minimum Gasteiger partial charge on any atom is -0.459 e. The lowest BCUT2D eigenvalue weighted by Crippen LogP contribution is -2.37. The molecular weight excluding hydrogens is 412 g/mol. The van der Waals surface area contributed by atoms with E-state index in [4.69, 9.17) is 4.42 Å². The van der Waals surface area contributed by atoms with Crippen LogP contribution < -0.4 is 5.32 Å². The van der Waals surface area contributed by atoms with Gasteiger partial charge in [-0.1, -0.05) is 13.0 Å². The second kappa shape index (κ2) is 8.69. The number of nitrogens with one attached hydrogen (secondary N) is 1. The van der Waals surface area contributed by atoms with Crippen LogP contribution in [0.1, 0.15) is 70.1 Å². The number of aryl methyl sites for hydroxylation is 1. The summed E-state index contributed by atoms with van der Waals surface area (Å²) in [6.07, 6.45) is 8.74. The summed E-state index contributed by atoms with van der Waals surface area (Å²) < 4.78 is 5.35. The highest BCUT2D eigenvalue weighted by Gasteiger charge is 2.34. The molecule has 5 rings (SSSR count). The van der Waals surface area contributed by atoms with E-state index in [0.29, 0.717) is 5.76 Å². The maximum Gasteiger partial charge on any atom is 0.291 e. The molecule has 4 nitrogen and oxygen atoms in total. The van der Waals surface area contributed by atoms with Crippen molar-refractivity contribution >= 4 is 33.6 Å². The molecule has 158 valence electrons. The fourth-order valence-electron chi connectivity index (χ4n) is 4.78. The number of hydrogen-bond acceptors (Lipinski definition) is 5. The standard InChI is InChI=1S/C24H28N2O2S2/c1-16-10-12-26(13-11-16)22(20-9-5-15-29-20)21-17-6-2-3-8-19(17)30-24(21)25-23(27)18-7-4-14-28-18/h4-5,7,9,14-16,22H,2-3,6,8,10-13H2,1H3,(H,25,27)/t22-/m0/s1. The van der Waals surface area contributed by atoms with Crippen LogP contribution in [-0.2, 0) is 12.8 Å². The van der Waals surface area contributed by atoms with Gasteiger partial charge in [-0.15, -0.1) is 22.7 Å². The van der Waals surface area contributed by atoms with Gasteiger partial charge in [0.1, 0.15) is 5.00 Å². The normalized spacial score (nSPS) is 18.8. The predicted molar refractivity (Wildman–Crippen MR) is 124 cm³/mol. The molecule has 1 aliphatic heterocycles. The smallest absolute Gasteiger partial charge is 0.291 e. The zero-order valence-electron chi connectivity index (χ0n) is 17.4. The number of thiophene rings is 2. The number of carbonyl (C=O) groups is 1. The van der Waals surface area contributed by atoms with Gasteiger partial charge in [-0.25, -0.2) is 0 Å². The van der Waals surface area contributed by atoms with Crippen LogP contribution in [0.5, 0.6) is 0 Å². The number of fused-ring (bicyclic) bond motifs is 1. The Kier molecular flexibility index (Phi) is 5.81. The second-order valence-electron chi connectivity index (χ2n) is 8.52. The van der Waals surface area contributed by atoms with Crippen LogP contribution >= 0.6 is 22.7 Å². The van der Waals surface area contributed by atoms with Crippen molar-refractivity contribution < 1.29 is 9.21 Å². The third kappa shape index (κ3) is 3.88. The maximum absolute atomic E-state index is 12.9. The molecule has 4 heterocycles. The fourth-order valence-corrected chi connectivity index (χ4v) is 6.97. The first-order chi connectivity index (χ1) is 14.7. The van der Waals surface area contributed by atoms with Crippen LogP contribution in [0.4, 0.5) is 5.00 Å². The number of furan rings is 1. The molecule has 30 heavy (non-hydrogen) atoms. The second-order valence-corrected chi connectivity index (χ2v) is 10.6. The average molecular weight is 441 g/mol. The Bertz CT molecular complexity index is 983. The SMILES string of the molecule is CC1CCN([C@@H](c2cccs2)c2c(NC(=O)c3ccco3)sc3c2CCCC3)CC1. The molecule has 1 saturated heterocycles. The monoisotopic (exact) mass is 440 g/mol. The summed E-state index contributed by atoms with van der Waals surface area (Å²) in [7, 11) is 0. The summed E-state index contributed by atoms with van der Waals surface area (Å²) in [5.41, 5.74) is 2.82. The summed E-state index contributed by atoms with van der Waals surface area (Å²) in [6.45, 7) is 4.58. The van der Waals surface area contributed by atoms with Crippen LogP contribution in [-0.4, -0.2) is 23.9 Å². The lowest BCUT2D eigenvalue weighted by molar-refractivity contribution is 0.0996. The van der Waals surface area contributed by atoms with Gasteiger partial charge in [0.05, 0.1) is 12.3 Å². The number of carbonyl (C=O) groups excluding carboxylic acids is 1. The van der Waals surface area contributed by atoms with Crippen LogP contribution in [0.2, 0.25) is 0 Å². The van der Waals surface area contributed by atoms with Gasteiger partial charge in [-0.3, -0.25) is 9.69 Å². The van der Waals surface area contributed by atoms with Crippen LogP contribution in [0, 0.1) is 5.92 Å². The highest BCUT2D eigenvalue weighted by atomic mass is 32.1. The van der Waals surface area contributed by atoms with E-state index in [1.54, 1.807) is 29.7 Å². The Morgan fingerprint density at radius 1 is 1.20 bits per heavy atom. The van der Waals surface area contributed by atoms with E-state index in [9.17, 15) is 4.79 Å². The first kappa shape index (κ1) is 20.0. The third-order valence-electron chi connectivity index (χ3n) is 6.45. The van der Waals surface area contributed by atoms with E-state index in [2.05, 4.69) is 34.7 Å². The maximum atomic E-state index is 12.9. The molecule has 2 aliphatic rings. The molecule has 0 unspecified atom stereocenters. The van der Waals surface area contributed by atoms with Gasteiger partial charge in [0.25, 0.3) is 5.91 Å². The number of piperidine rings is 1. The number of rotatable bonds is 5. The largest absolute Gasteiger partial charge is 0.459 e. The number of hydrogen-bond donors (Lipinski definition) is 1. The Hall–Kier alpha value is -1.89. The molecule has 0 aromatic carbocycles. The summed E-state index contributed by atoms with van der Waals surface area (Å²) in [5.74, 6) is 1.00. The molecule has 0 spiro atoms. The molecule has 0 radical (unpaired) electrons. The third-order valence-corrected chi connectivity index (χ3v) is 8.60. The highest BCUT2D eigenvalue weighted by molar-refractivity contribution is 7.16. The van der Waals surface area contributed by atoms with Crippen LogP contribution in [0.15, 0.2) is 40.3 Å². The quantitative estimate of drug-likeness (QED) is 0.502. The molecule has 1 aliphatic carbocycles. The van der Waals surface area contributed by atoms with E-state index in [1.165, 1.54) is 46.6 Å². The summed E-state index contributed by atoms with van der Waals surface area (Å²) >= 11 is 3.61. The highest BCUT2D eigenvalue weighted by Crippen LogP contribution is 2.47. The molecule has 3 aromatic rings. The van der Waals surface area contributed by atoms with Crippen molar-refractivity contribution in [3.05, 3.63) is 62.6 Å². The zero-order chi connectivity index (χ0) is 20.5. The lowest BCUT2D eigenvalue weighted by Gasteiger charge is -2.37. The summed E-state index contributed by atoms with van der Waals surface area (Å²) in [5, 5.41) is 6.41. The van der Waals surface area contributed by atoms with E-state index in [1.807, 2.05) is 11.3 Å². The van der Waals surface area contributed by atoms with Crippen molar-refractivity contribution in [1.29, 1.82) is 0 Å². The predicted octanol–water partition coefficient (Wildman–Crippen LogP) is 6.36. The molecule has 0 bridgehead atoms. The van der Waals surface area contributed by atoms with E-state index >= 15 is 0 Å². The number of nitrogens with zero attached hydrogens (tertiary/aromatic N) is 1. The van der Waals surface area contributed by atoms with Gasteiger partial charge >= 0.3 is 0 Å². The van der Waals surface area contributed by atoms with E-state index < -0.39 is 0 Å². The van der Waals surface area contributed by atoms with Gasteiger partial charge in [0.2, 0.25) is 0 Å². The molecule has 1 amide bonds. The van der Waals surface area contributed by atoms with Crippen molar-refractivity contribution in [2.45, 2.75) is 51.5 Å². The molecule has 3 aromatic heterocycles. The summed E-state index contributed by atoms with van der Waals surface area (Å²) in [6, 6.07) is 8.13. The Balaban J connectivity index is 1.57. The van der Waals surface area contributed by atoms with Gasteiger partial charge in [-0.2, -0.15) is 0 Å². The van der Waals surface area contributed by atoms with Crippen LogP contribution in [0.25, 0.3) is 0 Å². The van der Waals surface area contributed by atoms with Crippen molar-refractivity contribution in [1.82, 2.24) is 4.90 Å². The number of anilines is 1. The van der Waals surface area contributed by atoms with Gasteiger partial charge < -0.3 is 9.73 Å². The van der Waals surface area contributed by atoms with Crippen molar-refractivity contribution in [2.75, 3.05) is 18.4 Å². The summed E-state index contributed by atoms with van der Waals surface area (Å²) in [4.78, 5) is 18.3. The molecule has 6 heteroatoms. The number of likely N-dealkylation sites (tertiary alicyclic amines) is 1. The van der Waals surface area contributed by atoms with Gasteiger partial charge in [0.15, 0.2) is 5.76 Å². The van der Waals surface area contributed by atoms with Gasteiger partial charge in [-0.05, 0) is 86.7 Å². The fraction of sp³-hybridized carbons (Fsp3) is 0.458. The van der Waals surface area contributed by atoms with Crippen LogP contribution in [0.3, 0.4) is 0 Å². The molecule has 1 atom stereocenters. The first-order valence-electron chi connectivity index (χ1n) is 11.0. The number of amides is 1. The van der Waals surface area contributed by atoms with Crippen molar-refractivity contribution in [3.63, 3.8) is 0 Å². The minimum absolute atomic E-state index is 0.156. The minimum atomic E-state index is -0.156. The molecule has 1 N–H and O–H groups in total. The first-order valence-corrected chi connectivity index (χ1v) is 12.7. The topological polar surface area (TPSA) is 45.5 Å². The Labute approximate surface area is 185 Å². The van der Waals surface area contributed by atoms with E-state index in [0.717, 1.165) is 36.9 Å². The Morgan fingerprint density at radius 2 is 2.03 bits per heavy atom. The zero-order valence-corrected chi connectivity index (χ0v) is 19.0. The lowest BCUT2D eigenvalue weighted by atomic mass is 9.89. The molecule has 0 saturated carbocycles. The van der Waals surface area contributed by atoms with Crippen molar-refractivity contribution in [3.8, 4) is 0 Å². The average Bonchev–Trinajstić information content (AvgIpc) is 3.52. The molecule has 1 fully saturated rings. The molecular formula is C24H28N2O2S2. The van der Waals surface area contributed by atoms with Gasteiger partial charge in [0, 0.05) is 15.3 Å².